The average molecular weight is 402 g/mol. The summed E-state index contributed by atoms with van der Waals surface area (Å²) in [7, 11) is -10.7. The molecule has 0 aliphatic carbocycles. The van der Waals surface area contributed by atoms with E-state index in [4.69, 9.17) is 23.9 Å². The number of aliphatic hydroxyl groups excluding tert-OH is 1. The molecule has 1 aliphatic heterocycles. The van der Waals surface area contributed by atoms with Gasteiger partial charge in [-0.15, -0.1) is 0 Å². The SMILES string of the molecule is C[C@@H]1[C@H](O)[C@@H](COP(O)(=S)OP(=O)(O)OP(=O)(O)O)O[C@H]1C. The molecule has 1 heterocycles. The lowest BCUT2D eigenvalue weighted by atomic mass is 10.00. The second kappa shape index (κ2) is 7.33. The normalized spacial score (nSPS) is 35.0. The molecule has 1 rings (SSSR count). The first-order chi connectivity index (χ1) is 9.72. The van der Waals surface area contributed by atoms with E-state index in [0.717, 1.165) is 0 Å². The Kier molecular flexibility index (Phi) is 6.93. The van der Waals surface area contributed by atoms with Gasteiger partial charge in [-0.2, -0.15) is 4.31 Å². The lowest BCUT2D eigenvalue weighted by Gasteiger charge is -2.21. The maximum atomic E-state index is 11.3. The number of hydrogen-bond donors (Lipinski definition) is 5. The second-order valence-corrected chi connectivity index (χ2v) is 10.4. The van der Waals surface area contributed by atoms with Crippen LogP contribution in [0.2, 0.25) is 0 Å². The summed E-state index contributed by atoms with van der Waals surface area (Å²) in [5.41, 5.74) is 0. The Morgan fingerprint density at radius 2 is 1.68 bits per heavy atom. The highest BCUT2D eigenvalue weighted by Crippen LogP contribution is 2.66. The van der Waals surface area contributed by atoms with Crippen molar-refractivity contribution in [3.05, 3.63) is 0 Å². The minimum atomic E-state index is -5.34. The first-order valence-electron chi connectivity index (χ1n) is 5.84. The predicted molar refractivity (Wildman–Crippen MR) is 76.0 cm³/mol. The fourth-order valence-corrected chi connectivity index (χ4v) is 5.68. The van der Waals surface area contributed by atoms with Crippen molar-refractivity contribution in [2.24, 2.45) is 5.92 Å². The lowest BCUT2D eigenvalue weighted by Crippen LogP contribution is -2.29. The second-order valence-electron chi connectivity index (χ2n) is 4.62. The summed E-state index contributed by atoms with van der Waals surface area (Å²) >= 11 is 4.43. The third-order valence-corrected chi connectivity index (χ3v) is 7.59. The quantitative estimate of drug-likeness (QED) is 0.368. The molecule has 11 nitrogen and oxygen atoms in total. The Hall–Kier alpha value is 0.750. The molecule has 0 spiro atoms. The standard InChI is InChI=1S/C7H17O11P3S/c1-4-5(2)16-6(7(4)8)3-15-21(14,22)18-20(12,13)17-19(9,10)11/h4-8H,3H2,1-2H3,(H,12,13)(H,14,22)(H2,9,10,11)/t4-,5-,6+,7-,21?/m0/s1. The van der Waals surface area contributed by atoms with Crippen LogP contribution in [0, 0.1) is 5.92 Å². The van der Waals surface area contributed by atoms with Crippen LogP contribution < -0.4 is 0 Å². The maximum absolute atomic E-state index is 11.3. The lowest BCUT2D eigenvalue weighted by molar-refractivity contribution is -0.0134. The monoisotopic (exact) mass is 402 g/mol. The zero-order valence-corrected chi connectivity index (χ0v) is 15.0. The van der Waals surface area contributed by atoms with Gasteiger partial charge in [0.05, 0.1) is 18.8 Å². The Balaban J connectivity index is 2.60. The molecule has 1 aliphatic rings. The molecule has 0 saturated carbocycles. The van der Waals surface area contributed by atoms with Gasteiger partial charge >= 0.3 is 22.4 Å². The van der Waals surface area contributed by atoms with E-state index in [2.05, 4.69) is 20.4 Å². The number of hydrogen-bond acceptors (Lipinski definition) is 8. The molecule has 0 amide bonds. The van der Waals surface area contributed by atoms with E-state index >= 15 is 0 Å². The molecule has 5 N–H and O–H groups in total. The van der Waals surface area contributed by atoms with Crippen LogP contribution in [0.5, 0.6) is 0 Å². The van der Waals surface area contributed by atoms with Crippen LogP contribution in [0.3, 0.4) is 0 Å². The zero-order valence-electron chi connectivity index (χ0n) is 11.5. The summed E-state index contributed by atoms with van der Waals surface area (Å²) in [5, 5.41) is 9.83. The Bertz CT molecular complexity index is 534. The zero-order chi connectivity index (χ0) is 17.3. The number of rotatable bonds is 7. The van der Waals surface area contributed by atoms with Gasteiger partial charge in [-0.1, -0.05) is 6.92 Å². The molecule has 0 aromatic carbocycles. The summed E-state index contributed by atoms with van der Waals surface area (Å²) in [6.07, 6.45) is -2.02. The van der Waals surface area contributed by atoms with E-state index < -0.39 is 41.2 Å². The fraction of sp³-hybridized carbons (Fsp3) is 1.00. The summed E-state index contributed by atoms with van der Waals surface area (Å²) in [5.74, 6) is -0.201. The average Bonchev–Trinajstić information content (AvgIpc) is 2.49. The summed E-state index contributed by atoms with van der Waals surface area (Å²) in [4.78, 5) is 35.5. The summed E-state index contributed by atoms with van der Waals surface area (Å²) < 4.78 is 39.4. The van der Waals surface area contributed by atoms with Crippen molar-refractivity contribution < 1.29 is 51.7 Å². The molecule has 2 unspecified atom stereocenters. The van der Waals surface area contributed by atoms with Crippen LogP contribution in [0.1, 0.15) is 13.8 Å². The molecular weight excluding hydrogens is 385 g/mol. The first kappa shape index (κ1) is 20.8. The summed E-state index contributed by atoms with van der Waals surface area (Å²) in [6, 6.07) is 0. The van der Waals surface area contributed by atoms with Crippen LogP contribution >= 0.6 is 22.4 Å². The first-order valence-corrected chi connectivity index (χ1v) is 11.5. The van der Waals surface area contributed by atoms with Crippen LogP contribution in [0.4, 0.5) is 0 Å². The van der Waals surface area contributed by atoms with E-state index in [-0.39, 0.29) is 12.0 Å². The number of phosphoric acid groups is 2. The van der Waals surface area contributed by atoms with Gasteiger partial charge in [-0.05, 0) is 18.7 Å². The smallest absolute Gasteiger partial charge is 0.390 e. The van der Waals surface area contributed by atoms with E-state index in [0.29, 0.717) is 0 Å². The maximum Gasteiger partial charge on any atom is 0.488 e. The molecule has 0 aromatic rings. The Morgan fingerprint density at radius 1 is 1.14 bits per heavy atom. The van der Waals surface area contributed by atoms with Gasteiger partial charge in [0.25, 0.3) is 0 Å². The number of aliphatic hydroxyl groups is 1. The summed E-state index contributed by atoms with van der Waals surface area (Å²) in [6.45, 7) is -1.35. The van der Waals surface area contributed by atoms with Crippen molar-refractivity contribution >= 4 is 34.2 Å². The third kappa shape index (κ3) is 6.70. The van der Waals surface area contributed by atoms with Crippen molar-refractivity contribution in [2.45, 2.75) is 32.2 Å². The van der Waals surface area contributed by atoms with Crippen molar-refractivity contribution in [3.8, 4) is 0 Å². The minimum absolute atomic E-state index is 0.201. The molecule has 6 atom stereocenters. The van der Waals surface area contributed by atoms with E-state index in [1.165, 1.54) is 0 Å². The van der Waals surface area contributed by atoms with Gasteiger partial charge in [0, 0.05) is 5.92 Å². The topological polar surface area (TPSA) is 172 Å². The highest BCUT2D eigenvalue weighted by Gasteiger charge is 2.41. The Labute approximate surface area is 131 Å². The minimum Gasteiger partial charge on any atom is -0.390 e. The fourth-order valence-electron chi connectivity index (χ4n) is 1.71. The molecule has 22 heavy (non-hydrogen) atoms. The van der Waals surface area contributed by atoms with Gasteiger partial charge in [0.2, 0.25) is 0 Å². The molecule has 0 radical (unpaired) electrons. The van der Waals surface area contributed by atoms with Crippen molar-refractivity contribution in [3.63, 3.8) is 0 Å². The molecule has 132 valence electrons. The molecule has 1 saturated heterocycles. The molecule has 1 fully saturated rings. The van der Waals surface area contributed by atoms with Crippen LogP contribution in [0.15, 0.2) is 0 Å². The van der Waals surface area contributed by atoms with Gasteiger partial charge in [-0.25, -0.2) is 13.4 Å². The molecule has 0 aromatic heterocycles. The van der Waals surface area contributed by atoms with E-state index in [9.17, 15) is 19.1 Å². The van der Waals surface area contributed by atoms with Gasteiger partial charge < -0.3 is 33.9 Å². The van der Waals surface area contributed by atoms with Crippen molar-refractivity contribution in [2.75, 3.05) is 6.61 Å². The van der Waals surface area contributed by atoms with Crippen LogP contribution in [0.25, 0.3) is 0 Å². The predicted octanol–water partition coefficient (Wildman–Crippen LogP) is 0.230. The Morgan fingerprint density at radius 3 is 2.09 bits per heavy atom. The molecular formula is C7H17O11P3S. The molecule has 0 bridgehead atoms. The largest absolute Gasteiger partial charge is 0.488 e. The van der Waals surface area contributed by atoms with Crippen LogP contribution in [-0.4, -0.2) is 49.6 Å². The van der Waals surface area contributed by atoms with E-state index in [1.54, 1.807) is 13.8 Å². The highest BCUT2D eigenvalue weighted by atomic mass is 32.5. The van der Waals surface area contributed by atoms with Gasteiger partial charge in [-0.3, -0.25) is 0 Å². The highest BCUT2D eigenvalue weighted by molar-refractivity contribution is 8.08. The number of ether oxygens (including phenoxy) is 1. The van der Waals surface area contributed by atoms with Gasteiger partial charge in [0.1, 0.15) is 6.10 Å². The van der Waals surface area contributed by atoms with E-state index in [1.807, 2.05) is 0 Å². The van der Waals surface area contributed by atoms with Crippen LogP contribution in [-0.2, 0) is 38.8 Å². The van der Waals surface area contributed by atoms with Gasteiger partial charge in [0.15, 0.2) is 0 Å². The molecule has 15 heteroatoms. The van der Waals surface area contributed by atoms with Crippen molar-refractivity contribution in [1.82, 2.24) is 0 Å². The third-order valence-electron chi connectivity index (χ3n) is 2.87. The van der Waals surface area contributed by atoms with Crippen molar-refractivity contribution in [1.29, 1.82) is 0 Å².